The third-order valence-corrected chi connectivity index (χ3v) is 4.23. The lowest BCUT2D eigenvalue weighted by molar-refractivity contribution is 0.544. The van der Waals surface area contributed by atoms with Crippen LogP contribution in [0.25, 0.3) is 11.1 Å². The van der Waals surface area contributed by atoms with Crippen molar-refractivity contribution in [3.05, 3.63) is 63.5 Å². The first-order valence-electron chi connectivity index (χ1n) is 6.79. The van der Waals surface area contributed by atoms with Gasteiger partial charge in [0.15, 0.2) is 11.5 Å². The summed E-state index contributed by atoms with van der Waals surface area (Å²) in [6, 6.07) is 13.3. The number of halogens is 2. The molecule has 2 aromatic carbocycles. The molecule has 0 aliphatic carbocycles. The van der Waals surface area contributed by atoms with Crippen molar-refractivity contribution in [3.8, 4) is 6.07 Å². The lowest BCUT2D eigenvalue weighted by atomic mass is 10.0. The highest BCUT2D eigenvalue weighted by Gasteiger charge is 2.11. The van der Waals surface area contributed by atoms with Crippen LogP contribution in [0.1, 0.15) is 29.9 Å². The van der Waals surface area contributed by atoms with Gasteiger partial charge in [-0.3, -0.25) is 0 Å². The van der Waals surface area contributed by atoms with E-state index in [1.165, 1.54) is 0 Å². The summed E-state index contributed by atoms with van der Waals surface area (Å²) in [6.07, 6.45) is 0.536. The first-order chi connectivity index (χ1) is 10.6. The van der Waals surface area contributed by atoms with Crippen LogP contribution < -0.4 is 0 Å². The summed E-state index contributed by atoms with van der Waals surface area (Å²) in [5.41, 5.74) is 3.38. The molecule has 22 heavy (non-hydrogen) atoms. The van der Waals surface area contributed by atoms with Crippen molar-refractivity contribution in [1.29, 1.82) is 5.26 Å². The number of hydrogen-bond donors (Lipinski definition) is 0. The summed E-state index contributed by atoms with van der Waals surface area (Å²) in [6.45, 7) is 1.86. The van der Waals surface area contributed by atoms with Crippen LogP contribution in [0, 0.1) is 11.3 Å². The molecular formula is C17H12Cl2N2O. The van der Waals surface area contributed by atoms with Crippen LogP contribution in [0.15, 0.2) is 40.8 Å². The molecule has 1 heterocycles. The van der Waals surface area contributed by atoms with E-state index in [9.17, 15) is 0 Å². The summed E-state index contributed by atoms with van der Waals surface area (Å²) < 4.78 is 5.74. The lowest BCUT2D eigenvalue weighted by Crippen LogP contribution is -1.89. The highest BCUT2D eigenvalue weighted by molar-refractivity contribution is 6.42. The molecule has 1 atom stereocenters. The van der Waals surface area contributed by atoms with Crippen molar-refractivity contribution in [2.45, 2.75) is 19.3 Å². The van der Waals surface area contributed by atoms with Crippen LogP contribution in [0.3, 0.4) is 0 Å². The molecule has 0 N–H and O–H groups in total. The third kappa shape index (κ3) is 2.94. The standard InChI is InChI=1S/C17H12Cl2N2O/c1-10(9-20)12-3-5-16-15(8-12)21-17(22-16)7-11-2-4-13(18)14(19)6-11/h2-6,8,10H,7H2,1H3. The van der Waals surface area contributed by atoms with Crippen molar-refractivity contribution in [2.24, 2.45) is 0 Å². The number of nitrogens with zero attached hydrogens (tertiary/aromatic N) is 2. The lowest BCUT2D eigenvalue weighted by Gasteiger charge is -2.00. The Morgan fingerprint density at radius 3 is 2.73 bits per heavy atom. The molecule has 0 fully saturated rings. The average Bonchev–Trinajstić information content (AvgIpc) is 2.91. The SMILES string of the molecule is CC(C#N)c1ccc2oc(Cc3ccc(Cl)c(Cl)c3)nc2c1. The van der Waals surface area contributed by atoms with E-state index in [-0.39, 0.29) is 5.92 Å². The summed E-state index contributed by atoms with van der Waals surface area (Å²) in [4.78, 5) is 4.49. The Hall–Kier alpha value is -2.02. The second-order valence-electron chi connectivity index (χ2n) is 5.11. The molecule has 110 valence electrons. The van der Waals surface area contributed by atoms with Gasteiger partial charge in [-0.1, -0.05) is 35.3 Å². The fourth-order valence-corrected chi connectivity index (χ4v) is 2.56. The third-order valence-electron chi connectivity index (χ3n) is 3.49. The summed E-state index contributed by atoms with van der Waals surface area (Å²) in [7, 11) is 0. The van der Waals surface area contributed by atoms with Crippen molar-refractivity contribution < 1.29 is 4.42 Å². The Labute approximate surface area is 138 Å². The monoisotopic (exact) mass is 330 g/mol. The minimum atomic E-state index is -0.167. The second-order valence-corrected chi connectivity index (χ2v) is 5.93. The number of rotatable bonds is 3. The summed E-state index contributed by atoms with van der Waals surface area (Å²) in [5, 5.41) is 10.0. The van der Waals surface area contributed by atoms with Gasteiger partial charge in [-0.15, -0.1) is 0 Å². The topological polar surface area (TPSA) is 49.8 Å². The fourth-order valence-electron chi connectivity index (χ4n) is 2.24. The maximum atomic E-state index is 8.99. The molecular weight excluding hydrogens is 319 g/mol. The van der Waals surface area contributed by atoms with E-state index < -0.39 is 0 Å². The number of fused-ring (bicyclic) bond motifs is 1. The molecule has 3 aromatic rings. The zero-order valence-corrected chi connectivity index (χ0v) is 13.3. The van der Waals surface area contributed by atoms with Gasteiger partial charge in [0, 0.05) is 6.42 Å². The van der Waals surface area contributed by atoms with E-state index in [2.05, 4.69) is 11.1 Å². The van der Waals surface area contributed by atoms with E-state index in [0.29, 0.717) is 27.9 Å². The van der Waals surface area contributed by atoms with Gasteiger partial charge in [0.25, 0.3) is 0 Å². The highest BCUT2D eigenvalue weighted by Crippen LogP contribution is 2.26. The van der Waals surface area contributed by atoms with Crippen LogP contribution in [0.4, 0.5) is 0 Å². The quantitative estimate of drug-likeness (QED) is 0.650. The van der Waals surface area contributed by atoms with Crippen molar-refractivity contribution >= 4 is 34.3 Å². The van der Waals surface area contributed by atoms with Gasteiger partial charge in [-0.05, 0) is 42.3 Å². The second kappa shape index (κ2) is 6.00. The van der Waals surface area contributed by atoms with Gasteiger partial charge in [-0.25, -0.2) is 4.98 Å². The normalized spacial score (nSPS) is 12.3. The molecule has 1 aromatic heterocycles. The molecule has 0 bridgehead atoms. The van der Waals surface area contributed by atoms with Crippen LogP contribution in [0.5, 0.6) is 0 Å². The van der Waals surface area contributed by atoms with Crippen LogP contribution in [-0.2, 0) is 6.42 Å². The van der Waals surface area contributed by atoms with E-state index in [1.54, 1.807) is 6.07 Å². The fraction of sp³-hybridized carbons (Fsp3) is 0.176. The smallest absolute Gasteiger partial charge is 0.199 e. The maximum Gasteiger partial charge on any atom is 0.199 e. The molecule has 1 unspecified atom stereocenters. The Morgan fingerprint density at radius 2 is 2.00 bits per heavy atom. The molecule has 0 amide bonds. The first-order valence-corrected chi connectivity index (χ1v) is 7.55. The number of hydrogen-bond acceptors (Lipinski definition) is 3. The molecule has 0 radical (unpaired) electrons. The molecule has 3 nitrogen and oxygen atoms in total. The number of benzene rings is 2. The van der Waals surface area contributed by atoms with Gasteiger partial charge in [0.05, 0.1) is 22.0 Å². The average molecular weight is 331 g/mol. The predicted molar refractivity (Wildman–Crippen MR) is 87.3 cm³/mol. The Kier molecular flexibility index (Phi) is 4.06. The molecule has 0 saturated heterocycles. The van der Waals surface area contributed by atoms with E-state index in [4.69, 9.17) is 32.9 Å². The first kappa shape index (κ1) is 14.9. The van der Waals surface area contributed by atoms with Crippen molar-refractivity contribution in [2.75, 3.05) is 0 Å². The van der Waals surface area contributed by atoms with Gasteiger partial charge in [0.2, 0.25) is 0 Å². The van der Waals surface area contributed by atoms with E-state index in [1.807, 2.05) is 37.3 Å². The number of oxazole rings is 1. The Morgan fingerprint density at radius 1 is 1.18 bits per heavy atom. The minimum absolute atomic E-state index is 0.167. The number of aromatic nitrogens is 1. The zero-order valence-electron chi connectivity index (χ0n) is 11.8. The summed E-state index contributed by atoms with van der Waals surface area (Å²) in [5.74, 6) is 0.440. The predicted octanol–water partition coefficient (Wildman–Crippen LogP) is 5.35. The molecule has 5 heteroatoms. The molecule has 0 aliphatic rings. The van der Waals surface area contributed by atoms with Gasteiger partial charge < -0.3 is 4.42 Å². The molecule has 0 spiro atoms. The van der Waals surface area contributed by atoms with Crippen LogP contribution in [-0.4, -0.2) is 4.98 Å². The largest absolute Gasteiger partial charge is 0.440 e. The minimum Gasteiger partial charge on any atom is -0.440 e. The van der Waals surface area contributed by atoms with Crippen molar-refractivity contribution in [3.63, 3.8) is 0 Å². The molecule has 3 rings (SSSR count). The van der Waals surface area contributed by atoms with Crippen LogP contribution in [0.2, 0.25) is 10.0 Å². The van der Waals surface area contributed by atoms with Crippen LogP contribution >= 0.6 is 23.2 Å². The Balaban J connectivity index is 1.91. The Bertz CT molecular complexity index is 880. The van der Waals surface area contributed by atoms with Crippen molar-refractivity contribution in [1.82, 2.24) is 4.98 Å². The van der Waals surface area contributed by atoms with Gasteiger partial charge >= 0.3 is 0 Å². The van der Waals surface area contributed by atoms with E-state index in [0.717, 1.165) is 16.6 Å². The zero-order chi connectivity index (χ0) is 15.7. The maximum absolute atomic E-state index is 8.99. The molecule has 0 aliphatic heterocycles. The molecule has 0 saturated carbocycles. The van der Waals surface area contributed by atoms with E-state index >= 15 is 0 Å². The number of nitriles is 1. The van der Waals surface area contributed by atoms with Gasteiger partial charge in [0.1, 0.15) is 5.52 Å². The summed E-state index contributed by atoms with van der Waals surface area (Å²) >= 11 is 11.9. The van der Waals surface area contributed by atoms with Gasteiger partial charge in [-0.2, -0.15) is 5.26 Å². The highest BCUT2D eigenvalue weighted by atomic mass is 35.5.